The molecule has 0 aromatic heterocycles. The molecule has 0 saturated carbocycles. The van der Waals surface area contributed by atoms with Gasteiger partial charge in [0.25, 0.3) is 0 Å². The quantitative estimate of drug-likeness (QED) is 0.534. The van der Waals surface area contributed by atoms with Crippen LogP contribution in [0, 0.1) is 0 Å². The average Bonchev–Trinajstić information content (AvgIpc) is 3.19. The molecule has 0 radical (unpaired) electrons. The molecule has 5 nitrogen and oxygen atoms in total. The molecule has 0 bridgehead atoms. The Morgan fingerprint density at radius 3 is 2.35 bits per heavy atom. The summed E-state index contributed by atoms with van der Waals surface area (Å²) in [5.74, 6) is 0. The summed E-state index contributed by atoms with van der Waals surface area (Å²) in [5, 5.41) is 7.36. The van der Waals surface area contributed by atoms with Gasteiger partial charge < -0.3 is 15.4 Å². The van der Waals surface area contributed by atoms with Crippen molar-refractivity contribution >= 4 is 17.3 Å². The van der Waals surface area contributed by atoms with Crippen molar-refractivity contribution in [3.05, 3.63) is 35.4 Å². The fourth-order valence-electron chi connectivity index (χ4n) is 3.54. The zero-order chi connectivity index (χ0) is 18.0. The zero-order valence-electron chi connectivity index (χ0n) is 15.7. The fraction of sp³-hybridized carbons (Fsp3) is 0.650. The monoisotopic (exact) mass is 376 g/mol. The van der Waals surface area contributed by atoms with Crippen molar-refractivity contribution < 1.29 is 4.74 Å². The van der Waals surface area contributed by atoms with Crippen LogP contribution < -0.4 is 10.6 Å². The molecule has 3 rings (SSSR count). The van der Waals surface area contributed by atoms with Crippen molar-refractivity contribution in [2.24, 2.45) is 0 Å². The van der Waals surface area contributed by atoms with E-state index in [9.17, 15) is 0 Å². The molecule has 0 aliphatic carbocycles. The topological polar surface area (TPSA) is 39.8 Å². The Balaban J connectivity index is 1.27. The molecule has 2 saturated heterocycles. The van der Waals surface area contributed by atoms with Crippen LogP contribution in [-0.4, -0.2) is 67.4 Å². The highest BCUT2D eigenvalue weighted by molar-refractivity contribution is 7.80. The summed E-state index contributed by atoms with van der Waals surface area (Å²) >= 11 is 5.38. The Hall–Kier alpha value is -1.21. The highest BCUT2D eigenvalue weighted by atomic mass is 32.1. The van der Waals surface area contributed by atoms with E-state index in [1.807, 2.05) is 0 Å². The molecule has 1 aromatic rings. The normalized spacial score (nSPS) is 18.8. The second-order valence-corrected chi connectivity index (χ2v) is 7.63. The van der Waals surface area contributed by atoms with Crippen LogP contribution in [0.4, 0.5) is 0 Å². The SMILES string of the molecule is S=C(NCCCN1CCOCC1)NCc1ccc(CN2CCCC2)cc1. The Kier molecular flexibility index (Phi) is 8.14. The summed E-state index contributed by atoms with van der Waals surface area (Å²) in [4.78, 5) is 4.98. The number of likely N-dealkylation sites (tertiary alicyclic amines) is 1. The molecule has 144 valence electrons. The third-order valence-electron chi connectivity index (χ3n) is 5.12. The molecule has 0 amide bonds. The zero-order valence-corrected chi connectivity index (χ0v) is 16.5. The first-order valence-corrected chi connectivity index (χ1v) is 10.3. The highest BCUT2D eigenvalue weighted by Crippen LogP contribution is 2.13. The first-order chi connectivity index (χ1) is 12.8. The molecule has 26 heavy (non-hydrogen) atoms. The maximum Gasteiger partial charge on any atom is 0.166 e. The van der Waals surface area contributed by atoms with Gasteiger partial charge in [-0.3, -0.25) is 9.80 Å². The molecule has 1 aromatic carbocycles. The number of rotatable bonds is 8. The van der Waals surface area contributed by atoms with Crippen LogP contribution in [0.3, 0.4) is 0 Å². The maximum absolute atomic E-state index is 5.38. The Morgan fingerprint density at radius 2 is 1.62 bits per heavy atom. The molecule has 0 unspecified atom stereocenters. The molecule has 2 aliphatic rings. The number of hydrogen-bond acceptors (Lipinski definition) is 4. The standard InChI is InChI=1S/C20H32N4OS/c26-20(21-8-3-11-23-12-14-25-15-13-23)22-16-18-4-6-19(7-5-18)17-24-9-1-2-10-24/h4-7H,1-3,8-17H2,(H2,21,22,26). The van der Waals surface area contributed by atoms with Gasteiger partial charge >= 0.3 is 0 Å². The van der Waals surface area contributed by atoms with Gasteiger partial charge in [0.2, 0.25) is 0 Å². The fourth-order valence-corrected chi connectivity index (χ4v) is 3.71. The molecular formula is C20H32N4OS. The molecule has 2 fully saturated rings. The van der Waals surface area contributed by atoms with Crippen LogP contribution in [0.25, 0.3) is 0 Å². The van der Waals surface area contributed by atoms with Crippen molar-refractivity contribution in [3.63, 3.8) is 0 Å². The predicted octanol–water partition coefficient (Wildman–Crippen LogP) is 1.97. The Labute approximate surface area is 163 Å². The third kappa shape index (κ3) is 6.83. The third-order valence-corrected chi connectivity index (χ3v) is 5.41. The summed E-state index contributed by atoms with van der Waals surface area (Å²) in [6, 6.07) is 8.90. The second kappa shape index (κ2) is 10.8. The lowest BCUT2D eigenvalue weighted by Crippen LogP contribution is -2.39. The summed E-state index contributed by atoms with van der Waals surface area (Å²) in [7, 11) is 0. The van der Waals surface area contributed by atoms with Crippen molar-refractivity contribution in [1.29, 1.82) is 0 Å². The van der Waals surface area contributed by atoms with Crippen LogP contribution in [-0.2, 0) is 17.8 Å². The molecule has 6 heteroatoms. The van der Waals surface area contributed by atoms with Gasteiger partial charge in [-0.25, -0.2) is 0 Å². The maximum atomic E-state index is 5.38. The highest BCUT2D eigenvalue weighted by Gasteiger charge is 2.11. The van der Waals surface area contributed by atoms with E-state index in [0.29, 0.717) is 0 Å². The van der Waals surface area contributed by atoms with Crippen LogP contribution in [0.5, 0.6) is 0 Å². The number of hydrogen-bond donors (Lipinski definition) is 2. The number of benzene rings is 1. The predicted molar refractivity (Wildman–Crippen MR) is 110 cm³/mol. The minimum Gasteiger partial charge on any atom is -0.379 e. The minimum atomic E-state index is 0.744. The van der Waals surface area contributed by atoms with Crippen LogP contribution >= 0.6 is 12.2 Å². The number of ether oxygens (including phenoxy) is 1. The smallest absolute Gasteiger partial charge is 0.166 e. The van der Waals surface area contributed by atoms with Crippen LogP contribution in [0.15, 0.2) is 24.3 Å². The summed E-state index contributed by atoms with van der Waals surface area (Å²) in [5.41, 5.74) is 2.67. The lowest BCUT2D eigenvalue weighted by atomic mass is 10.1. The van der Waals surface area contributed by atoms with E-state index in [0.717, 1.165) is 64.0 Å². The second-order valence-electron chi connectivity index (χ2n) is 7.22. The molecule has 2 heterocycles. The van der Waals surface area contributed by atoms with Crippen LogP contribution in [0.1, 0.15) is 30.4 Å². The number of thiocarbonyl (C=S) groups is 1. The lowest BCUT2D eigenvalue weighted by Gasteiger charge is -2.26. The van der Waals surface area contributed by atoms with Crippen molar-refractivity contribution in [2.45, 2.75) is 32.4 Å². The van der Waals surface area contributed by atoms with E-state index in [2.05, 4.69) is 44.7 Å². The molecule has 0 spiro atoms. The van der Waals surface area contributed by atoms with E-state index < -0.39 is 0 Å². The van der Waals surface area contributed by atoms with Gasteiger partial charge in [-0.15, -0.1) is 0 Å². The molecule has 0 atom stereocenters. The largest absolute Gasteiger partial charge is 0.379 e. The van der Waals surface area contributed by atoms with E-state index in [4.69, 9.17) is 17.0 Å². The van der Waals surface area contributed by atoms with Gasteiger partial charge in [0.05, 0.1) is 13.2 Å². The van der Waals surface area contributed by atoms with E-state index in [-0.39, 0.29) is 0 Å². The Bertz CT molecular complexity index is 539. The number of morpholine rings is 1. The van der Waals surface area contributed by atoms with Crippen molar-refractivity contribution in [1.82, 2.24) is 20.4 Å². The average molecular weight is 377 g/mol. The molecular weight excluding hydrogens is 344 g/mol. The van der Waals surface area contributed by atoms with E-state index >= 15 is 0 Å². The van der Waals surface area contributed by atoms with Gasteiger partial charge in [0, 0.05) is 32.7 Å². The van der Waals surface area contributed by atoms with Crippen molar-refractivity contribution in [3.8, 4) is 0 Å². The first-order valence-electron chi connectivity index (χ1n) is 9.91. The summed E-state index contributed by atoms with van der Waals surface area (Å²) in [6.07, 6.45) is 3.80. The number of nitrogens with one attached hydrogen (secondary N) is 2. The van der Waals surface area contributed by atoms with Crippen LogP contribution in [0.2, 0.25) is 0 Å². The molecule has 2 aliphatic heterocycles. The number of nitrogens with zero attached hydrogens (tertiary/aromatic N) is 2. The van der Waals surface area contributed by atoms with Gasteiger partial charge in [0.15, 0.2) is 5.11 Å². The summed E-state index contributed by atoms with van der Waals surface area (Å²) < 4.78 is 5.37. The minimum absolute atomic E-state index is 0.744. The molecule has 2 N–H and O–H groups in total. The Morgan fingerprint density at radius 1 is 0.923 bits per heavy atom. The van der Waals surface area contributed by atoms with Crippen molar-refractivity contribution in [2.75, 3.05) is 52.5 Å². The first kappa shape index (κ1) is 19.5. The van der Waals surface area contributed by atoms with Gasteiger partial charge in [-0.05, 0) is 62.2 Å². The van der Waals surface area contributed by atoms with Gasteiger partial charge in [0.1, 0.15) is 0 Å². The van der Waals surface area contributed by atoms with E-state index in [1.54, 1.807) is 0 Å². The summed E-state index contributed by atoms with van der Waals surface area (Å²) in [6.45, 7) is 10.2. The van der Waals surface area contributed by atoms with E-state index in [1.165, 1.54) is 37.1 Å². The lowest BCUT2D eigenvalue weighted by molar-refractivity contribution is 0.0376. The van der Waals surface area contributed by atoms with Gasteiger partial charge in [-0.1, -0.05) is 24.3 Å². The van der Waals surface area contributed by atoms with Gasteiger partial charge in [-0.2, -0.15) is 0 Å².